The number of carbonyl (C=O) groups excluding carboxylic acids is 1. The maximum absolute atomic E-state index is 11.9. The zero-order valence-electron chi connectivity index (χ0n) is 10.7. The molecule has 1 fully saturated rings. The number of hydrogen-bond acceptors (Lipinski definition) is 5. The van der Waals surface area contributed by atoms with Gasteiger partial charge in [0.15, 0.2) is 0 Å². The molecule has 0 radical (unpaired) electrons. The molecule has 0 aliphatic carbocycles. The number of piperidine rings is 1. The van der Waals surface area contributed by atoms with Gasteiger partial charge in [-0.3, -0.25) is 9.78 Å². The Hall–Kier alpha value is -1.95. The summed E-state index contributed by atoms with van der Waals surface area (Å²) in [5.74, 6) is 0.442. The first-order valence-corrected chi connectivity index (χ1v) is 6.42. The highest BCUT2D eigenvalue weighted by molar-refractivity contribution is 5.94. The average molecular weight is 262 g/mol. The number of pyridine rings is 1. The summed E-state index contributed by atoms with van der Waals surface area (Å²) in [5, 5.41) is 17.5. The van der Waals surface area contributed by atoms with Gasteiger partial charge in [-0.1, -0.05) is 5.16 Å². The summed E-state index contributed by atoms with van der Waals surface area (Å²) in [5.41, 5.74) is 1.03. The van der Waals surface area contributed by atoms with Crippen molar-refractivity contribution in [1.29, 1.82) is 0 Å². The van der Waals surface area contributed by atoms with E-state index in [-0.39, 0.29) is 5.91 Å². The molecule has 0 atom stereocenters. The molecule has 2 rings (SSSR count). The van der Waals surface area contributed by atoms with E-state index in [9.17, 15) is 4.79 Å². The molecule has 19 heavy (non-hydrogen) atoms. The number of nitrogens with zero attached hydrogens (tertiary/aromatic N) is 2. The minimum Gasteiger partial charge on any atom is -0.411 e. The molecule has 3 N–H and O–H groups in total. The number of nitrogens with one attached hydrogen (secondary N) is 2. The lowest BCUT2D eigenvalue weighted by Gasteiger charge is -2.22. The van der Waals surface area contributed by atoms with Crippen LogP contribution in [0.15, 0.2) is 23.5 Å². The van der Waals surface area contributed by atoms with Crippen LogP contribution in [-0.4, -0.2) is 41.9 Å². The maximum Gasteiger partial charge on any atom is 0.252 e. The average Bonchev–Trinajstić information content (AvgIpc) is 2.47. The smallest absolute Gasteiger partial charge is 0.252 e. The van der Waals surface area contributed by atoms with Crippen LogP contribution in [0.3, 0.4) is 0 Å². The molecule has 2 heterocycles. The summed E-state index contributed by atoms with van der Waals surface area (Å²) in [6.07, 6.45) is 4.90. The molecule has 1 saturated heterocycles. The topological polar surface area (TPSA) is 86.6 Å². The highest BCUT2D eigenvalue weighted by Gasteiger charge is 2.14. The predicted octanol–water partition coefficient (Wildman–Crippen LogP) is 0.619. The van der Waals surface area contributed by atoms with Gasteiger partial charge in [-0.2, -0.15) is 0 Å². The van der Waals surface area contributed by atoms with Crippen molar-refractivity contribution in [3.8, 4) is 0 Å². The van der Waals surface area contributed by atoms with Crippen LogP contribution < -0.4 is 10.6 Å². The first kappa shape index (κ1) is 13.5. The fraction of sp³-hybridized carbons (Fsp3) is 0.462. The van der Waals surface area contributed by atoms with Gasteiger partial charge in [-0.25, -0.2) is 0 Å². The van der Waals surface area contributed by atoms with E-state index in [0.717, 1.165) is 25.9 Å². The summed E-state index contributed by atoms with van der Waals surface area (Å²) >= 11 is 0. The Labute approximate surface area is 111 Å². The van der Waals surface area contributed by atoms with Crippen molar-refractivity contribution in [2.45, 2.75) is 12.8 Å². The van der Waals surface area contributed by atoms with Gasteiger partial charge in [0.1, 0.15) is 0 Å². The zero-order chi connectivity index (χ0) is 13.5. The second-order valence-electron chi connectivity index (χ2n) is 4.62. The lowest BCUT2D eigenvalue weighted by Crippen LogP contribution is -2.36. The maximum atomic E-state index is 11.9. The lowest BCUT2D eigenvalue weighted by molar-refractivity contribution is 0.0944. The monoisotopic (exact) mass is 262 g/mol. The van der Waals surface area contributed by atoms with Gasteiger partial charge >= 0.3 is 0 Å². The molecule has 1 aromatic heterocycles. The number of aromatic nitrogens is 1. The van der Waals surface area contributed by atoms with Crippen molar-refractivity contribution < 1.29 is 10.0 Å². The van der Waals surface area contributed by atoms with Crippen LogP contribution >= 0.6 is 0 Å². The Kier molecular flexibility index (Phi) is 4.85. The van der Waals surface area contributed by atoms with Crippen LogP contribution in [0.2, 0.25) is 0 Å². The summed E-state index contributed by atoms with van der Waals surface area (Å²) < 4.78 is 0. The Morgan fingerprint density at radius 3 is 2.95 bits per heavy atom. The van der Waals surface area contributed by atoms with Gasteiger partial charge in [-0.15, -0.1) is 0 Å². The molecule has 102 valence electrons. The third-order valence-corrected chi connectivity index (χ3v) is 3.25. The summed E-state index contributed by atoms with van der Waals surface area (Å²) in [6, 6.07) is 3.31. The van der Waals surface area contributed by atoms with E-state index in [2.05, 4.69) is 20.8 Å². The Morgan fingerprint density at radius 1 is 1.53 bits per heavy atom. The first-order chi connectivity index (χ1) is 9.29. The molecule has 0 aromatic carbocycles. The molecule has 1 aromatic rings. The minimum atomic E-state index is -0.112. The molecule has 6 heteroatoms. The number of rotatable bonds is 4. The van der Waals surface area contributed by atoms with Crippen LogP contribution in [0.4, 0.5) is 0 Å². The Bertz CT molecular complexity index is 438. The molecule has 0 spiro atoms. The third-order valence-electron chi connectivity index (χ3n) is 3.25. The molecule has 0 bridgehead atoms. The van der Waals surface area contributed by atoms with Crippen molar-refractivity contribution in [2.24, 2.45) is 11.1 Å². The molecular weight excluding hydrogens is 244 g/mol. The molecule has 0 unspecified atom stereocenters. The summed E-state index contributed by atoms with van der Waals surface area (Å²) in [6.45, 7) is 2.76. The van der Waals surface area contributed by atoms with Crippen LogP contribution in [0.25, 0.3) is 0 Å². The molecule has 1 aliphatic heterocycles. The Balaban J connectivity index is 1.85. The normalized spacial score (nSPS) is 16.6. The van der Waals surface area contributed by atoms with Crippen LogP contribution in [0, 0.1) is 5.92 Å². The number of amides is 1. The number of hydrogen-bond donors (Lipinski definition) is 3. The zero-order valence-corrected chi connectivity index (χ0v) is 10.7. The van der Waals surface area contributed by atoms with Crippen molar-refractivity contribution in [3.05, 3.63) is 29.6 Å². The fourth-order valence-corrected chi connectivity index (χ4v) is 2.10. The Morgan fingerprint density at radius 2 is 2.32 bits per heavy atom. The fourth-order valence-electron chi connectivity index (χ4n) is 2.10. The van der Waals surface area contributed by atoms with Gasteiger partial charge in [0.25, 0.3) is 5.91 Å². The highest BCUT2D eigenvalue weighted by atomic mass is 16.4. The van der Waals surface area contributed by atoms with Gasteiger partial charge in [0.2, 0.25) is 0 Å². The SMILES string of the molecule is O=C(NCC1CCNCC1)c1ccc(/C=N\O)nc1. The summed E-state index contributed by atoms with van der Waals surface area (Å²) in [4.78, 5) is 15.9. The van der Waals surface area contributed by atoms with E-state index < -0.39 is 0 Å². The van der Waals surface area contributed by atoms with E-state index in [4.69, 9.17) is 5.21 Å². The van der Waals surface area contributed by atoms with Gasteiger partial charge in [0, 0.05) is 12.7 Å². The van der Waals surface area contributed by atoms with Crippen LogP contribution in [0.1, 0.15) is 28.9 Å². The van der Waals surface area contributed by atoms with E-state index in [1.165, 1.54) is 12.4 Å². The van der Waals surface area contributed by atoms with E-state index in [1.807, 2.05) is 0 Å². The third kappa shape index (κ3) is 4.03. The van der Waals surface area contributed by atoms with Gasteiger partial charge in [0.05, 0.1) is 17.5 Å². The van der Waals surface area contributed by atoms with Crippen molar-refractivity contribution in [2.75, 3.05) is 19.6 Å². The van der Waals surface area contributed by atoms with E-state index >= 15 is 0 Å². The number of carbonyl (C=O) groups is 1. The lowest BCUT2D eigenvalue weighted by atomic mass is 9.98. The second kappa shape index (κ2) is 6.84. The standard InChI is InChI=1S/C13H18N4O2/c18-13(16-7-10-3-5-14-6-4-10)11-1-2-12(9-17-19)15-8-11/h1-2,8-10,14,19H,3-7H2,(H,16,18)/b17-9-. The first-order valence-electron chi connectivity index (χ1n) is 6.42. The van der Waals surface area contributed by atoms with Crippen LogP contribution in [-0.2, 0) is 0 Å². The van der Waals surface area contributed by atoms with Crippen LogP contribution in [0.5, 0.6) is 0 Å². The molecule has 6 nitrogen and oxygen atoms in total. The second-order valence-corrected chi connectivity index (χ2v) is 4.62. The summed E-state index contributed by atoms with van der Waals surface area (Å²) in [7, 11) is 0. The van der Waals surface area contributed by atoms with Crippen molar-refractivity contribution in [1.82, 2.24) is 15.6 Å². The molecule has 0 saturated carbocycles. The molecule has 1 aliphatic rings. The van der Waals surface area contributed by atoms with Gasteiger partial charge < -0.3 is 15.8 Å². The molecule has 1 amide bonds. The highest BCUT2D eigenvalue weighted by Crippen LogP contribution is 2.10. The minimum absolute atomic E-state index is 0.112. The van der Waals surface area contributed by atoms with E-state index in [1.54, 1.807) is 12.1 Å². The molecular formula is C13H18N4O2. The van der Waals surface area contributed by atoms with E-state index in [0.29, 0.717) is 23.7 Å². The quantitative estimate of drug-likeness (QED) is 0.422. The van der Waals surface area contributed by atoms with Gasteiger partial charge in [-0.05, 0) is 44.0 Å². The van der Waals surface area contributed by atoms with Crippen molar-refractivity contribution in [3.63, 3.8) is 0 Å². The number of oxime groups is 1. The predicted molar refractivity (Wildman–Crippen MR) is 71.5 cm³/mol. The van der Waals surface area contributed by atoms with Crippen molar-refractivity contribution >= 4 is 12.1 Å². The largest absolute Gasteiger partial charge is 0.411 e.